The Kier molecular flexibility index (Phi) is 8.19. The van der Waals surface area contributed by atoms with Gasteiger partial charge in [-0.1, -0.05) is 24.3 Å². The van der Waals surface area contributed by atoms with Gasteiger partial charge in [0, 0.05) is 56.9 Å². The number of carbonyl (C=O) groups excluding carboxylic acids is 1. The minimum Gasteiger partial charge on any atom is -0.491 e. The van der Waals surface area contributed by atoms with Gasteiger partial charge in [-0.15, -0.1) is 0 Å². The lowest BCUT2D eigenvalue weighted by Gasteiger charge is -2.28. The van der Waals surface area contributed by atoms with E-state index in [1.807, 2.05) is 41.3 Å². The van der Waals surface area contributed by atoms with E-state index in [2.05, 4.69) is 47.1 Å². The second-order valence-electron chi connectivity index (χ2n) is 9.68. The molecule has 1 fully saturated rings. The number of carbonyl (C=O) groups is 1. The average molecular weight is 514 g/mol. The van der Waals surface area contributed by atoms with Crippen LogP contribution < -0.4 is 9.64 Å². The number of para-hydroxylation sites is 1. The summed E-state index contributed by atoms with van der Waals surface area (Å²) in [5, 5.41) is 5.91. The van der Waals surface area contributed by atoms with Gasteiger partial charge in [-0.2, -0.15) is 5.10 Å². The molecule has 2 aromatic heterocycles. The summed E-state index contributed by atoms with van der Waals surface area (Å²) in [5.41, 5.74) is 5.22. The van der Waals surface area contributed by atoms with Crippen LogP contribution in [0.15, 0.2) is 67.0 Å². The standard InChI is InChI=1S/C30H35N5O3/c1-23-21-24-9-6-14-31-28(24)29(30(23)38-20-7-12-27(36)37-2)34-16-8-15-33(18-19-34)22-25-13-17-35(32-25)26-10-4-3-5-11-26/h3-6,9-11,13-14,17,21H,7-8,12,15-16,18-20,22H2,1-2H3. The van der Waals surface area contributed by atoms with Crippen LogP contribution in [0.2, 0.25) is 0 Å². The Labute approximate surface area is 223 Å². The van der Waals surface area contributed by atoms with Gasteiger partial charge in [-0.05, 0) is 55.7 Å². The van der Waals surface area contributed by atoms with Crippen molar-refractivity contribution in [3.63, 3.8) is 0 Å². The van der Waals surface area contributed by atoms with E-state index in [1.165, 1.54) is 7.11 Å². The molecule has 0 aliphatic carbocycles. The van der Waals surface area contributed by atoms with Crippen LogP contribution in [0.25, 0.3) is 16.6 Å². The van der Waals surface area contributed by atoms with Gasteiger partial charge in [0.05, 0.1) is 30.6 Å². The fourth-order valence-electron chi connectivity index (χ4n) is 5.05. The fourth-order valence-corrected chi connectivity index (χ4v) is 5.05. The molecule has 1 aliphatic heterocycles. The zero-order chi connectivity index (χ0) is 26.3. The SMILES string of the molecule is COC(=O)CCCOc1c(C)cc2cccnc2c1N1CCCN(Cc2ccn(-c3ccccc3)n2)CC1. The molecule has 4 aromatic rings. The molecule has 8 nitrogen and oxygen atoms in total. The highest BCUT2D eigenvalue weighted by Gasteiger charge is 2.23. The minimum absolute atomic E-state index is 0.216. The maximum Gasteiger partial charge on any atom is 0.305 e. The molecule has 0 N–H and O–H groups in total. The first-order chi connectivity index (χ1) is 18.6. The number of methoxy groups -OCH3 is 1. The molecule has 1 aliphatic rings. The van der Waals surface area contributed by atoms with Crippen molar-refractivity contribution in [2.75, 3.05) is 44.8 Å². The van der Waals surface area contributed by atoms with Crippen LogP contribution in [-0.2, 0) is 16.1 Å². The van der Waals surface area contributed by atoms with Gasteiger partial charge in [0.25, 0.3) is 0 Å². The number of benzene rings is 2. The van der Waals surface area contributed by atoms with Crippen LogP contribution in [0.4, 0.5) is 5.69 Å². The monoisotopic (exact) mass is 513 g/mol. The van der Waals surface area contributed by atoms with E-state index < -0.39 is 0 Å². The van der Waals surface area contributed by atoms with E-state index in [4.69, 9.17) is 19.6 Å². The van der Waals surface area contributed by atoms with Crippen LogP contribution >= 0.6 is 0 Å². The zero-order valence-electron chi connectivity index (χ0n) is 22.2. The van der Waals surface area contributed by atoms with Gasteiger partial charge in [0.1, 0.15) is 11.4 Å². The molecule has 0 unspecified atom stereocenters. The van der Waals surface area contributed by atoms with Gasteiger partial charge >= 0.3 is 5.97 Å². The summed E-state index contributed by atoms with van der Waals surface area (Å²) in [4.78, 5) is 21.2. The Morgan fingerprint density at radius 2 is 1.89 bits per heavy atom. The van der Waals surface area contributed by atoms with Crippen LogP contribution in [0.5, 0.6) is 5.75 Å². The average Bonchev–Trinajstić information content (AvgIpc) is 3.29. The molecule has 1 saturated heterocycles. The molecule has 0 radical (unpaired) electrons. The second-order valence-corrected chi connectivity index (χ2v) is 9.68. The summed E-state index contributed by atoms with van der Waals surface area (Å²) in [5.74, 6) is 0.642. The van der Waals surface area contributed by atoms with Crippen molar-refractivity contribution in [3.8, 4) is 11.4 Å². The van der Waals surface area contributed by atoms with Crippen molar-refractivity contribution in [1.29, 1.82) is 0 Å². The predicted octanol–water partition coefficient (Wildman–Crippen LogP) is 4.77. The molecular formula is C30H35N5O3. The van der Waals surface area contributed by atoms with Crippen molar-refractivity contribution < 1.29 is 14.3 Å². The van der Waals surface area contributed by atoms with Crippen LogP contribution in [0.1, 0.15) is 30.5 Å². The van der Waals surface area contributed by atoms with E-state index in [0.29, 0.717) is 19.4 Å². The number of nitrogens with zero attached hydrogens (tertiary/aromatic N) is 5. The first kappa shape index (κ1) is 25.7. The van der Waals surface area contributed by atoms with Crippen molar-refractivity contribution in [2.24, 2.45) is 0 Å². The first-order valence-corrected chi connectivity index (χ1v) is 13.3. The Bertz CT molecular complexity index is 1370. The normalized spacial score (nSPS) is 14.4. The van der Waals surface area contributed by atoms with Crippen LogP contribution in [0.3, 0.4) is 0 Å². The lowest BCUT2D eigenvalue weighted by atomic mass is 10.1. The first-order valence-electron chi connectivity index (χ1n) is 13.3. The molecular weight excluding hydrogens is 478 g/mol. The van der Waals surface area contributed by atoms with E-state index in [0.717, 1.165) is 78.4 Å². The highest BCUT2D eigenvalue weighted by atomic mass is 16.5. The molecule has 0 saturated carbocycles. The van der Waals surface area contributed by atoms with Crippen molar-refractivity contribution >= 4 is 22.6 Å². The second kappa shape index (κ2) is 12.1. The summed E-state index contributed by atoms with van der Waals surface area (Å²) < 4.78 is 13.0. The molecule has 0 atom stereocenters. The Balaban J connectivity index is 1.31. The van der Waals surface area contributed by atoms with E-state index in [1.54, 1.807) is 0 Å². The molecule has 8 heteroatoms. The molecule has 0 amide bonds. The summed E-state index contributed by atoms with van der Waals surface area (Å²) in [6, 6.07) is 18.5. The molecule has 2 aromatic carbocycles. The number of ether oxygens (including phenoxy) is 2. The summed E-state index contributed by atoms with van der Waals surface area (Å²) in [6.07, 6.45) is 5.85. The number of rotatable bonds is 9. The van der Waals surface area contributed by atoms with Crippen molar-refractivity contribution in [3.05, 3.63) is 78.2 Å². The number of pyridine rings is 1. The Morgan fingerprint density at radius 3 is 2.74 bits per heavy atom. The van der Waals surface area contributed by atoms with Crippen LogP contribution in [-0.4, -0.2) is 65.5 Å². The van der Waals surface area contributed by atoms with Gasteiger partial charge in [-0.25, -0.2) is 4.68 Å². The van der Waals surface area contributed by atoms with E-state index >= 15 is 0 Å². The van der Waals surface area contributed by atoms with Gasteiger partial charge in [0.15, 0.2) is 0 Å². The van der Waals surface area contributed by atoms with Gasteiger partial charge in [0.2, 0.25) is 0 Å². The molecule has 38 heavy (non-hydrogen) atoms. The van der Waals surface area contributed by atoms with Gasteiger partial charge < -0.3 is 14.4 Å². The predicted molar refractivity (Wildman–Crippen MR) is 149 cm³/mol. The minimum atomic E-state index is -0.216. The quantitative estimate of drug-likeness (QED) is 0.236. The number of anilines is 1. The maximum absolute atomic E-state index is 11.5. The Hall–Kier alpha value is -3.91. The smallest absolute Gasteiger partial charge is 0.305 e. The number of esters is 1. The highest BCUT2D eigenvalue weighted by molar-refractivity contribution is 5.95. The topological polar surface area (TPSA) is 72.7 Å². The molecule has 0 spiro atoms. The summed E-state index contributed by atoms with van der Waals surface area (Å²) >= 11 is 0. The van der Waals surface area contributed by atoms with E-state index in [-0.39, 0.29) is 5.97 Å². The third-order valence-corrected chi connectivity index (χ3v) is 6.96. The zero-order valence-corrected chi connectivity index (χ0v) is 22.2. The van der Waals surface area contributed by atoms with Crippen molar-refractivity contribution in [2.45, 2.75) is 32.7 Å². The lowest BCUT2D eigenvalue weighted by Crippen LogP contribution is -2.31. The third kappa shape index (κ3) is 5.97. The molecule has 198 valence electrons. The van der Waals surface area contributed by atoms with Crippen LogP contribution in [0, 0.1) is 6.92 Å². The van der Waals surface area contributed by atoms with E-state index in [9.17, 15) is 4.79 Å². The number of aromatic nitrogens is 3. The lowest BCUT2D eigenvalue weighted by molar-refractivity contribution is -0.140. The number of fused-ring (bicyclic) bond motifs is 1. The molecule has 3 heterocycles. The maximum atomic E-state index is 11.5. The summed E-state index contributed by atoms with van der Waals surface area (Å²) in [6.45, 7) is 7.06. The third-order valence-electron chi connectivity index (χ3n) is 6.96. The fraction of sp³-hybridized carbons (Fsp3) is 0.367. The number of hydrogen-bond acceptors (Lipinski definition) is 7. The number of hydrogen-bond donors (Lipinski definition) is 0. The Morgan fingerprint density at radius 1 is 1.03 bits per heavy atom. The molecule has 5 rings (SSSR count). The highest BCUT2D eigenvalue weighted by Crippen LogP contribution is 2.39. The van der Waals surface area contributed by atoms with Crippen molar-refractivity contribution in [1.82, 2.24) is 19.7 Å². The molecule has 0 bridgehead atoms. The largest absolute Gasteiger partial charge is 0.491 e. The summed E-state index contributed by atoms with van der Waals surface area (Å²) in [7, 11) is 1.41. The van der Waals surface area contributed by atoms with Gasteiger partial charge in [-0.3, -0.25) is 14.7 Å². The number of aryl methyl sites for hydroxylation is 1.